The summed E-state index contributed by atoms with van der Waals surface area (Å²) in [6.07, 6.45) is 6.92. The molecule has 3 aromatic heterocycles. The Morgan fingerprint density at radius 1 is 1.17 bits per heavy atom. The Labute approximate surface area is 207 Å². The van der Waals surface area contributed by atoms with Crippen LogP contribution in [0, 0.1) is 0 Å². The molecule has 184 valence electrons. The van der Waals surface area contributed by atoms with Gasteiger partial charge in [0.15, 0.2) is 11.6 Å². The van der Waals surface area contributed by atoms with Gasteiger partial charge in [0.05, 0.1) is 17.9 Å². The van der Waals surface area contributed by atoms with Gasteiger partial charge in [-0.1, -0.05) is 29.8 Å². The molecule has 8 nitrogen and oxygen atoms in total. The van der Waals surface area contributed by atoms with Gasteiger partial charge in [-0.25, -0.2) is 9.97 Å². The van der Waals surface area contributed by atoms with Crippen molar-refractivity contribution in [3.8, 4) is 28.7 Å². The number of benzene rings is 1. The number of oxazole rings is 1. The van der Waals surface area contributed by atoms with Crippen molar-refractivity contribution < 1.29 is 22.3 Å². The number of alkyl halides is 3. The highest BCUT2D eigenvalue weighted by Crippen LogP contribution is 2.36. The number of ether oxygens (including phenoxy) is 1. The topological polar surface area (TPSA) is 83.8 Å². The zero-order chi connectivity index (χ0) is 24.9. The van der Waals surface area contributed by atoms with Crippen molar-refractivity contribution in [1.29, 1.82) is 0 Å². The normalized spacial score (nSPS) is 14.7. The molecular weight excluding hydrogens is 497 g/mol. The van der Waals surface area contributed by atoms with Crippen molar-refractivity contribution in [2.75, 3.05) is 6.61 Å². The summed E-state index contributed by atoms with van der Waals surface area (Å²) in [4.78, 5) is 9.23. The number of imidazole rings is 1. The number of aromatic nitrogens is 6. The van der Waals surface area contributed by atoms with E-state index in [1.54, 1.807) is 29.3 Å². The molecule has 12 heteroatoms. The molecule has 2 aliphatic rings. The van der Waals surface area contributed by atoms with Crippen LogP contribution in [0.3, 0.4) is 0 Å². The average molecular weight is 515 g/mol. The summed E-state index contributed by atoms with van der Waals surface area (Å²) < 4.78 is 52.2. The molecule has 1 aromatic carbocycles. The maximum Gasteiger partial charge on any atom is 0.411 e. The van der Waals surface area contributed by atoms with Gasteiger partial charge in [-0.05, 0) is 36.6 Å². The number of hydrogen-bond acceptors (Lipinski definition) is 6. The van der Waals surface area contributed by atoms with E-state index in [9.17, 15) is 13.2 Å². The van der Waals surface area contributed by atoms with E-state index >= 15 is 0 Å². The summed E-state index contributed by atoms with van der Waals surface area (Å²) in [5, 5.41) is 8.84. The van der Waals surface area contributed by atoms with E-state index in [4.69, 9.17) is 20.8 Å². The first-order chi connectivity index (χ1) is 17.4. The van der Waals surface area contributed by atoms with Crippen LogP contribution in [0.25, 0.3) is 34.2 Å². The second kappa shape index (κ2) is 8.75. The van der Waals surface area contributed by atoms with E-state index in [0.29, 0.717) is 39.4 Å². The van der Waals surface area contributed by atoms with Gasteiger partial charge in [0.25, 0.3) is 0 Å². The van der Waals surface area contributed by atoms with Crippen molar-refractivity contribution in [3.63, 3.8) is 0 Å². The van der Waals surface area contributed by atoms with Gasteiger partial charge in [0, 0.05) is 10.6 Å². The third kappa shape index (κ3) is 4.14. The monoisotopic (exact) mass is 514 g/mol. The molecule has 0 saturated carbocycles. The number of halogens is 4. The highest BCUT2D eigenvalue weighted by atomic mass is 35.5. The Hall–Kier alpha value is -3.70. The number of allylic oxidation sites excluding steroid dienone is 4. The second-order valence-corrected chi connectivity index (χ2v) is 8.82. The Kier molecular flexibility index (Phi) is 5.53. The highest BCUT2D eigenvalue weighted by Gasteiger charge is 2.30. The summed E-state index contributed by atoms with van der Waals surface area (Å²) in [5.74, 6) is 1.03. The Bertz CT molecular complexity index is 1510. The predicted octanol–water partition coefficient (Wildman–Crippen LogP) is 5.61. The van der Waals surface area contributed by atoms with E-state index in [0.717, 1.165) is 24.1 Å². The molecule has 1 aliphatic carbocycles. The minimum atomic E-state index is -4.45. The zero-order valence-electron chi connectivity index (χ0n) is 18.7. The van der Waals surface area contributed by atoms with Gasteiger partial charge in [0.1, 0.15) is 37.2 Å². The summed E-state index contributed by atoms with van der Waals surface area (Å²) in [6, 6.07) is 5.31. The Morgan fingerprint density at radius 2 is 2.06 bits per heavy atom. The van der Waals surface area contributed by atoms with Crippen LogP contribution in [-0.2, 0) is 17.9 Å². The van der Waals surface area contributed by atoms with E-state index in [1.165, 1.54) is 0 Å². The molecule has 6 rings (SSSR count). The molecule has 0 spiro atoms. The SMILES string of the molecule is FC(F)(F)COCc1nnc2n1Cc1c(-c3nc(C4=CCCC=C4)co3)ncn1-c1ccc(Cl)cc1-2. The quantitative estimate of drug-likeness (QED) is 0.303. The van der Waals surface area contributed by atoms with E-state index in [-0.39, 0.29) is 19.0 Å². The lowest BCUT2D eigenvalue weighted by Crippen LogP contribution is -2.18. The molecule has 0 unspecified atom stereocenters. The maximum absolute atomic E-state index is 12.6. The fraction of sp³-hybridized carbons (Fsp3) is 0.250. The van der Waals surface area contributed by atoms with Crippen molar-refractivity contribution in [2.24, 2.45) is 0 Å². The van der Waals surface area contributed by atoms with Crippen LogP contribution in [0.1, 0.15) is 30.1 Å². The third-order valence-electron chi connectivity index (χ3n) is 5.96. The molecule has 4 heterocycles. The van der Waals surface area contributed by atoms with Crippen LogP contribution in [0.4, 0.5) is 13.2 Å². The molecule has 36 heavy (non-hydrogen) atoms. The van der Waals surface area contributed by atoms with Crippen molar-refractivity contribution >= 4 is 17.2 Å². The van der Waals surface area contributed by atoms with Crippen molar-refractivity contribution in [3.05, 3.63) is 71.3 Å². The smallest absolute Gasteiger partial charge is 0.411 e. The second-order valence-electron chi connectivity index (χ2n) is 8.38. The largest absolute Gasteiger partial charge is 0.443 e. The van der Waals surface area contributed by atoms with Crippen LogP contribution in [0.5, 0.6) is 0 Å². The van der Waals surface area contributed by atoms with E-state index in [2.05, 4.69) is 32.3 Å². The van der Waals surface area contributed by atoms with Crippen molar-refractivity contribution in [1.82, 2.24) is 29.3 Å². The first-order valence-corrected chi connectivity index (χ1v) is 11.5. The highest BCUT2D eigenvalue weighted by molar-refractivity contribution is 6.31. The number of nitrogens with zero attached hydrogens (tertiary/aromatic N) is 6. The van der Waals surface area contributed by atoms with Gasteiger partial charge in [0.2, 0.25) is 5.89 Å². The maximum atomic E-state index is 12.6. The molecule has 1 aliphatic heterocycles. The number of rotatable bonds is 5. The molecule has 0 bridgehead atoms. The van der Waals surface area contributed by atoms with E-state index < -0.39 is 12.8 Å². The average Bonchev–Trinajstić information content (AvgIpc) is 3.57. The molecule has 0 atom stereocenters. The molecule has 0 saturated heterocycles. The summed E-state index contributed by atoms with van der Waals surface area (Å²) >= 11 is 6.27. The standard InChI is InChI=1S/C24H18ClF3N6O2/c25-15-6-7-18-16(8-15)22-32-31-20(11-35-12-24(26,27)28)33(22)9-19-21(29-13-34(18)19)23-30-17(10-36-23)14-4-2-1-3-5-14/h2,4-8,10,13H,1,3,9,11-12H2. The van der Waals surface area contributed by atoms with Crippen molar-refractivity contribution in [2.45, 2.75) is 32.2 Å². The lowest BCUT2D eigenvalue weighted by atomic mass is 10.1. The van der Waals surface area contributed by atoms with Crippen LogP contribution < -0.4 is 0 Å². The summed E-state index contributed by atoms with van der Waals surface area (Å²) in [5.41, 5.74) is 4.29. The number of fused-ring (bicyclic) bond motifs is 5. The van der Waals surface area contributed by atoms with E-state index in [1.807, 2.05) is 16.7 Å². The molecular formula is C24H18ClF3N6O2. The molecule has 0 fully saturated rings. The van der Waals surface area contributed by atoms with Gasteiger partial charge >= 0.3 is 6.18 Å². The van der Waals surface area contributed by atoms with Gasteiger partial charge < -0.3 is 13.7 Å². The molecule has 0 amide bonds. The van der Waals surface area contributed by atoms with Gasteiger partial charge in [-0.15, -0.1) is 10.2 Å². The van der Waals surface area contributed by atoms with Gasteiger partial charge in [-0.3, -0.25) is 4.57 Å². The lowest BCUT2D eigenvalue weighted by molar-refractivity contribution is -0.177. The molecule has 4 aromatic rings. The lowest BCUT2D eigenvalue weighted by Gasteiger charge is -2.10. The summed E-state index contributed by atoms with van der Waals surface area (Å²) in [7, 11) is 0. The minimum absolute atomic E-state index is 0.203. The third-order valence-corrected chi connectivity index (χ3v) is 6.19. The minimum Gasteiger partial charge on any atom is -0.443 e. The predicted molar refractivity (Wildman–Crippen MR) is 124 cm³/mol. The van der Waals surface area contributed by atoms with Crippen LogP contribution in [-0.4, -0.2) is 42.1 Å². The molecule has 0 N–H and O–H groups in total. The van der Waals surface area contributed by atoms with Gasteiger partial charge in [-0.2, -0.15) is 13.2 Å². The fourth-order valence-electron chi connectivity index (χ4n) is 4.34. The van der Waals surface area contributed by atoms with Crippen LogP contribution in [0.2, 0.25) is 5.02 Å². The van der Waals surface area contributed by atoms with Crippen LogP contribution >= 0.6 is 11.6 Å². The van der Waals surface area contributed by atoms with Crippen LogP contribution in [0.15, 0.2) is 53.4 Å². The Morgan fingerprint density at radius 3 is 2.86 bits per heavy atom. The molecule has 0 radical (unpaired) electrons. The first-order valence-electron chi connectivity index (χ1n) is 11.1. The fourth-order valence-corrected chi connectivity index (χ4v) is 4.51. The number of hydrogen-bond donors (Lipinski definition) is 0. The Balaban J connectivity index is 1.43. The zero-order valence-corrected chi connectivity index (χ0v) is 19.4. The first kappa shape index (κ1) is 22.7. The summed E-state index contributed by atoms with van der Waals surface area (Å²) in [6.45, 7) is -1.55.